The average molecular weight is 600 g/mol. The Bertz CT molecular complexity index is 1290. The smallest absolute Gasteiger partial charge is 0.482 e. The first kappa shape index (κ1) is 29.8. The number of ether oxygens (including phenoxy) is 4. The highest BCUT2D eigenvalue weighted by molar-refractivity contribution is 5.70. The van der Waals surface area contributed by atoms with Gasteiger partial charge in [0.05, 0.1) is 24.9 Å². The van der Waals surface area contributed by atoms with E-state index in [-0.39, 0.29) is 41.3 Å². The van der Waals surface area contributed by atoms with Gasteiger partial charge in [0.15, 0.2) is 11.5 Å². The number of nitrogens with zero attached hydrogens (tertiary/aromatic N) is 1. The topological polar surface area (TPSA) is 118 Å². The van der Waals surface area contributed by atoms with Crippen LogP contribution in [0.4, 0.5) is 4.79 Å². The number of carbonyl (C=O) groups excluding carboxylic acids is 1. The van der Waals surface area contributed by atoms with Gasteiger partial charge in [0.2, 0.25) is 0 Å². The zero-order chi connectivity index (χ0) is 30.6. The molecule has 2 unspecified atom stereocenters. The number of benzene rings is 1. The van der Waals surface area contributed by atoms with E-state index in [1.165, 1.54) is 24.0 Å². The van der Waals surface area contributed by atoms with Gasteiger partial charge in [-0.05, 0) is 81.4 Å². The van der Waals surface area contributed by atoms with E-state index in [1.54, 1.807) is 7.11 Å². The predicted molar refractivity (Wildman–Crippen MR) is 158 cm³/mol. The largest absolute Gasteiger partial charge is 0.513 e. The van der Waals surface area contributed by atoms with Gasteiger partial charge in [-0.25, -0.2) is 4.79 Å². The Labute approximate surface area is 254 Å². The molecule has 8 atom stereocenters. The van der Waals surface area contributed by atoms with Crippen LogP contribution < -0.4 is 9.47 Å². The van der Waals surface area contributed by atoms with Crippen LogP contribution in [0.15, 0.2) is 12.1 Å². The maximum atomic E-state index is 12.8. The molecule has 3 N–H and O–H groups in total. The number of fused-ring (bicyclic) bond motifs is 2. The molecule has 0 radical (unpaired) electrons. The van der Waals surface area contributed by atoms with Crippen LogP contribution in [0.3, 0.4) is 0 Å². The molecule has 4 bridgehead atoms. The summed E-state index contributed by atoms with van der Waals surface area (Å²) in [7, 11) is 1.78. The van der Waals surface area contributed by atoms with Crippen molar-refractivity contribution in [1.29, 1.82) is 0 Å². The summed E-state index contributed by atoms with van der Waals surface area (Å²) >= 11 is 0. The number of rotatable bonds is 9. The van der Waals surface area contributed by atoms with Crippen molar-refractivity contribution in [3.63, 3.8) is 0 Å². The summed E-state index contributed by atoms with van der Waals surface area (Å²) in [6.07, 6.45) is 5.20. The summed E-state index contributed by atoms with van der Waals surface area (Å²) < 4.78 is 24.8. The number of hydrogen-bond donors (Lipinski definition) is 3. The minimum Gasteiger partial charge on any atom is -0.482 e. The molecule has 238 valence electrons. The van der Waals surface area contributed by atoms with Crippen LogP contribution in [0, 0.1) is 22.7 Å². The lowest BCUT2D eigenvalue weighted by Gasteiger charge is -2.75. The Morgan fingerprint density at radius 2 is 1.95 bits per heavy atom. The molecule has 5 aliphatic carbocycles. The van der Waals surface area contributed by atoms with Gasteiger partial charge < -0.3 is 34.3 Å². The maximum Gasteiger partial charge on any atom is 0.513 e. The van der Waals surface area contributed by atoms with Gasteiger partial charge in [-0.2, -0.15) is 0 Å². The number of methoxy groups -OCH3 is 1. The van der Waals surface area contributed by atoms with Crippen LogP contribution in [-0.2, 0) is 21.3 Å². The van der Waals surface area contributed by atoms with Crippen LogP contribution in [0.1, 0.15) is 83.8 Å². The van der Waals surface area contributed by atoms with Crippen molar-refractivity contribution in [2.45, 2.75) is 114 Å². The highest BCUT2D eigenvalue weighted by Gasteiger charge is 2.82. The Morgan fingerprint density at radius 1 is 1.19 bits per heavy atom. The van der Waals surface area contributed by atoms with E-state index < -0.39 is 30.1 Å². The molecule has 8 rings (SSSR count). The van der Waals surface area contributed by atoms with Crippen molar-refractivity contribution in [1.82, 2.24) is 4.90 Å². The summed E-state index contributed by atoms with van der Waals surface area (Å²) in [5.74, 6) is 1.61. The summed E-state index contributed by atoms with van der Waals surface area (Å²) in [4.78, 5) is 15.5. The molecule has 1 aromatic carbocycles. The second-order valence-corrected chi connectivity index (χ2v) is 15.6. The minimum atomic E-state index is -1.01. The number of aliphatic hydroxyl groups is 3. The van der Waals surface area contributed by atoms with E-state index in [9.17, 15) is 15.0 Å². The molecule has 43 heavy (non-hydrogen) atoms. The monoisotopic (exact) mass is 599 g/mol. The highest BCUT2D eigenvalue weighted by Crippen LogP contribution is 2.78. The zero-order valence-electron chi connectivity index (χ0n) is 26.4. The van der Waals surface area contributed by atoms with Gasteiger partial charge in [0, 0.05) is 48.4 Å². The van der Waals surface area contributed by atoms with Crippen LogP contribution in [0.5, 0.6) is 11.5 Å². The van der Waals surface area contributed by atoms with Gasteiger partial charge in [-0.15, -0.1) is 0 Å². The van der Waals surface area contributed by atoms with Crippen LogP contribution in [0.2, 0.25) is 0 Å². The first-order valence-corrected chi connectivity index (χ1v) is 16.3. The third-order valence-electron chi connectivity index (χ3n) is 12.9. The summed E-state index contributed by atoms with van der Waals surface area (Å²) in [6.45, 7) is 10.0. The van der Waals surface area contributed by atoms with Crippen molar-refractivity contribution in [3.05, 3.63) is 23.3 Å². The number of hydrogen-bond acceptors (Lipinski definition) is 9. The first-order valence-electron chi connectivity index (χ1n) is 16.3. The molecule has 5 fully saturated rings. The summed E-state index contributed by atoms with van der Waals surface area (Å²) in [5, 5.41) is 31.1. The van der Waals surface area contributed by atoms with Crippen molar-refractivity contribution in [2.24, 2.45) is 22.7 Å². The van der Waals surface area contributed by atoms with E-state index in [0.717, 1.165) is 51.1 Å². The zero-order valence-corrected chi connectivity index (χ0v) is 26.4. The van der Waals surface area contributed by atoms with E-state index in [4.69, 9.17) is 24.1 Å². The van der Waals surface area contributed by atoms with E-state index in [2.05, 4.69) is 31.7 Å². The normalized spacial score (nSPS) is 37.7. The molecular weight excluding hydrogens is 550 g/mol. The maximum absolute atomic E-state index is 12.8. The fraction of sp³-hybridized carbons (Fsp3) is 0.794. The minimum absolute atomic E-state index is 0.0633. The lowest BCUT2D eigenvalue weighted by Crippen LogP contribution is -2.83. The van der Waals surface area contributed by atoms with Gasteiger partial charge >= 0.3 is 6.16 Å². The fourth-order valence-corrected chi connectivity index (χ4v) is 10.1. The van der Waals surface area contributed by atoms with Crippen molar-refractivity contribution in [2.75, 3.05) is 33.4 Å². The van der Waals surface area contributed by atoms with Gasteiger partial charge in [0.25, 0.3) is 0 Å². The molecule has 2 aliphatic heterocycles. The SMILES string of the molecule is CO[C@@]12CCC3(C[C@@H]1[C@](C)(O)C(C)(C)C)[C@H]1Cc4ccc(OC(=O)OCC[C@@H](O)CO)c5c4C3(CCN1CC1CC1)[C@H]2O5. The number of aliphatic hydroxyl groups excluding tert-OH is 2. The van der Waals surface area contributed by atoms with Gasteiger partial charge in [-0.1, -0.05) is 26.8 Å². The Kier molecular flexibility index (Phi) is 6.78. The Balaban J connectivity index is 1.33. The van der Waals surface area contributed by atoms with Crippen LogP contribution in [0.25, 0.3) is 0 Å². The average Bonchev–Trinajstić information content (AvgIpc) is 3.71. The summed E-state index contributed by atoms with van der Waals surface area (Å²) in [6, 6.07) is 4.29. The van der Waals surface area contributed by atoms with Crippen molar-refractivity contribution >= 4 is 6.16 Å². The number of likely N-dealkylation sites (tertiary alicyclic amines) is 1. The van der Waals surface area contributed by atoms with Crippen LogP contribution >= 0.6 is 0 Å². The lowest BCUT2D eigenvalue weighted by atomic mass is 9.33. The molecular formula is C34H49NO8. The first-order chi connectivity index (χ1) is 20.3. The molecule has 0 aromatic heterocycles. The van der Waals surface area contributed by atoms with E-state index in [1.807, 2.05) is 13.0 Å². The quantitative estimate of drug-likeness (QED) is 0.286. The third-order valence-corrected chi connectivity index (χ3v) is 12.9. The molecule has 7 aliphatic rings. The van der Waals surface area contributed by atoms with Gasteiger partial charge in [-0.3, -0.25) is 4.90 Å². The fourth-order valence-electron chi connectivity index (χ4n) is 10.1. The predicted octanol–water partition coefficient (Wildman–Crippen LogP) is 3.97. The molecule has 1 saturated heterocycles. The Hall–Kier alpha value is -1.91. The molecule has 9 nitrogen and oxygen atoms in total. The summed E-state index contributed by atoms with van der Waals surface area (Å²) in [5.41, 5.74) is -0.0344. The molecule has 0 amide bonds. The van der Waals surface area contributed by atoms with Crippen LogP contribution in [-0.4, -0.2) is 89.2 Å². The van der Waals surface area contributed by atoms with Gasteiger partial charge in [0.1, 0.15) is 11.7 Å². The van der Waals surface area contributed by atoms with E-state index in [0.29, 0.717) is 17.5 Å². The molecule has 1 aromatic rings. The Morgan fingerprint density at radius 3 is 2.63 bits per heavy atom. The number of piperidine rings is 1. The van der Waals surface area contributed by atoms with E-state index >= 15 is 0 Å². The lowest BCUT2D eigenvalue weighted by molar-refractivity contribution is -0.312. The molecule has 2 heterocycles. The third kappa shape index (κ3) is 3.97. The second kappa shape index (κ2) is 9.79. The number of carbonyl (C=O) groups is 1. The highest BCUT2D eigenvalue weighted by atomic mass is 16.7. The second-order valence-electron chi connectivity index (χ2n) is 15.6. The van der Waals surface area contributed by atoms with Crippen molar-refractivity contribution < 1.29 is 39.1 Å². The standard InChI is InChI=1S/C34H49NO8/c1-30(2,3)31(4,39)24-17-32-11-12-34(24,40-5)28-33(32)13-14-35(18-20-6-7-20)25(32)16-21-8-9-23(27(43-28)26(21)33)42-29(38)41-15-10-22(37)19-36/h8-9,20,22,24-25,28,36-37,39H,6-7,10-19H2,1-5H3/t22-,24-,25-,28-,31+,32?,33?,34+/m1/s1. The molecule has 4 saturated carbocycles. The van der Waals surface area contributed by atoms with Crippen molar-refractivity contribution in [3.8, 4) is 11.5 Å². The molecule has 2 spiro atoms. The molecule has 9 heteroatoms.